The molecule has 0 aliphatic rings. The normalized spacial score (nSPS) is 12.5. The van der Waals surface area contributed by atoms with Crippen LogP contribution in [0, 0.1) is 12.7 Å². The van der Waals surface area contributed by atoms with Crippen molar-refractivity contribution in [2.45, 2.75) is 13.0 Å². The van der Waals surface area contributed by atoms with Crippen LogP contribution >= 0.6 is 23.2 Å². The van der Waals surface area contributed by atoms with Gasteiger partial charge in [0.15, 0.2) is 0 Å². The van der Waals surface area contributed by atoms with Gasteiger partial charge in [-0.1, -0.05) is 41.4 Å². The summed E-state index contributed by atoms with van der Waals surface area (Å²) >= 11 is 11.9. The lowest BCUT2D eigenvalue weighted by atomic mass is 9.97. The van der Waals surface area contributed by atoms with Crippen LogP contribution in [0.15, 0.2) is 36.4 Å². The highest BCUT2D eigenvalue weighted by Crippen LogP contribution is 2.28. The number of hydrogen-bond acceptors (Lipinski definition) is 1. The molecule has 0 bridgehead atoms. The van der Waals surface area contributed by atoms with Crippen LogP contribution in [0.3, 0.4) is 0 Å². The molecule has 2 rings (SSSR count). The van der Waals surface area contributed by atoms with Crippen molar-refractivity contribution in [3.63, 3.8) is 0 Å². The van der Waals surface area contributed by atoms with E-state index in [0.29, 0.717) is 15.6 Å². The maximum Gasteiger partial charge on any atom is 0.129 e. The maximum atomic E-state index is 14.0. The Hall–Kier alpha value is -1.09. The predicted octanol–water partition coefficient (Wildman–Crippen LogP) is 4.75. The molecule has 0 heterocycles. The highest BCUT2D eigenvalue weighted by Gasteiger charge is 2.17. The van der Waals surface area contributed by atoms with E-state index in [1.165, 1.54) is 6.07 Å². The van der Waals surface area contributed by atoms with Crippen LogP contribution in [0.4, 0.5) is 4.39 Å². The number of hydrogen-bond donors (Lipinski definition) is 1. The lowest BCUT2D eigenvalue weighted by molar-refractivity contribution is 0.576. The molecule has 0 aromatic heterocycles. The molecule has 0 aliphatic carbocycles. The fourth-order valence-corrected chi connectivity index (χ4v) is 2.37. The van der Waals surface area contributed by atoms with Crippen molar-refractivity contribution in [1.82, 2.24) is 5.32 Å². The Morgan fingerprint density at radius 3 is 2.42 bits per heavy atom. The summed E-state index contributed by atoms with van der Waals surface area (Å²) in [5, 5.41) is 4.16. The van der Waals surface area contributed by atoms with Gasteiger partial charge in [0.2, 0.25) is 0 Å². The van der Waals surface area contributed by atoms with Crippen molar-refractivity contribution in [2.24, 2.45) is 0 Å². The summed E-state index contributed by atoms with van der Waals surface area (Å²) in [5.41, 5.74) is 2.46. The highest BCUT2D eigenvalue weighted by atomic mass is 35.5. The first-order valence-corrected chi connectivity index (χ1v) is 6.66. The summed E-state index contributed by atoms with van der Waals surface area (Å²) in [5.74, 6) is -0.330. The van der Waals surface area contributed by atoms with Crippen LogP contribution in [-0.4, -0.2) is 7.05 Å². The third-order valence-corrected chi connectivity index (χ3v) is 3.73. The summed E-state index contributed by atoms with van der Waals surface area (Å²) in [4.78, 5) is 0. The topological polar surface area (TPSA) is 12.0 Å². The lowest BCUT2D eigenvalue weighted by Gasteiger charge is -2.18. The minimum atomic E-state index is -0.330. The van der Waals surface area contributed by atoms with Crippen LogP contribution in [-0.2, 0) is 0 Å². The van der Waals surface area contributed by atoms with E-state index in [1.54, 1.807) is 19.2 Å². The van der Waals surface area contributed by atoms with Crippen molar-refractivity contribution in [3.05, 3.63) is 69.0 Å². The fraction of sp³-hybridized carbons (Fsp3) is 0.200. The molecule has 1 atom stereocenters. The first-order chi connectivity index (χ1) is 9.02. The Morgan fingerprint density at radius 2 is 1.84 bits per heavy atom. The molecular formula is C15H14Cl2FN. The quantitative estimate of drug-likeness (QED) is 0.862. The molecule has 0 radical (unpaired) electrons. The Labute approximate surface area is 122 Å². The standard InChI is InChI=1S/C15H14Cl2FN/c1-9-3-4-10(7-13(9)17)15(19-2)12-6-5-11(16)8-14(12)18/h3-8,15,19H,1-2H3. The van der Waals surface area contributed by atoms with Gasteiger partial charge in [0.05, 0.1) is 6.04 Å². The second-order valence-corrected chi connectivity index (χ2v) is 5.24. The van der Waals surface area contributed by atoms with Crippen LogP contribution in [0.5, 0.6) is 0 Å². The Kier molecular flexibility index (Phi) is 4.46. The second-order valence-electron chi connectivity index (χ2n) is 4.40. The number of aryl methyl sites for hydroxylation is 1. The monoisotopic (exact) mass is 297 g/mol. The molecule has 0 saturated heterocycles. The van der Waals surface area contributed by atoms with Crippen LogP contribution in [0.1, 0.15) is 22.7 Å². The first kappa shape index (κ1) is 14.3. The largest absolute Gasteiger partial charge is 0.309 e. The molecular weight excluding hydrogens is 284 g/mol. The molecule has 0 amide bonds. The molecule has 2 aromatic carbocycles. The van der Waals surface area contributed by atoms with Crippen LogP contribution in [0.25, 0.3) is 0 Å². The average molecular weight is 298 g/mol. The van der Waals surface area contributed by atoms with Crippen LogP contribution in [0.2, 0.25) is 10.0 Å². The van der Waals surface area contributed by atoms with E-state index < -0.39 is 0 Å². The van der Waals surface area contributed by atoms with Gasteiger partial charge in [-0.2, -0.15) is 0 Å². The van der Waals surface area contributed by atoms with Gasteiger partial charge >= 0.3 is 0 Å². The molecule has 1 N–H and O–H groups in total. The summed E-state index contributed by atoms with van der Waals surface area (Å²) in [7, 11) is 1.78. The van der Waals surface area contributed by atoms with Crippen molar-refractivity contribution in [2.75, 3.05) is 7.05 Å². The van der Waals surface area contributed by atoms with Crippen LogP contribution < -0.4 is 5.32 Å². The number of benzene rings is 2. The average Bonchev–Trinajstić information content (AvgIpc) is 2.37. The minimum Gasteiger partial charge on any atom is -0.309 e. The van der Waals surface area contributed by atoms with Crippen molar-refractivity contribution >= 4 is 23.2 Å². The van der Waals surface area contributed by atoms with Crippen molar-refractivity contribution in [3.8, 4) is 0 Å². The summed E-state index contributed by atoms with van der Waals surface area (Å²) in [6, 6.07) is 10.2. The van der Waals surface area contributed by atoms with Crippen molar-refractivity contribution in [1.29, 1.82) is 0 Å². The Balaban J connectivity index is 2.46. The van der Waals surface area contributed by atoms with Crippen molar-refractivity contribution < 1.29 is 4.39 Å². The van der Waals surface area contributed by atoms with Gasteiger partial charge < -0.3 is 5.32 Å². The molecule has 19 heavy (non-hydrogen) atoms. The Bertz CT molecular complexity index is 599. The second kappa shape index (κ2) is 5.91. The predicted molar refractivity (Wildman–Crippen MR) is 78.5 cm³/mol. The van der Waals surface area contributed by atoms with E-state index in [2.05, 4.69) is 5.32 Å². The molecule has 1 unspecified atom stereocenters. The first-order valence-electron chi connectivity index (χ1n) is 5.91. The minimum absolute atomic E-state index is 0.254. The van der Waals surface area contributed by atoms with Gasteiger partial charge in [-0.05, 0) is 43.3 Å². The highest BCUT2D eigenvalue weighted by molar-refractivity contribution is 6.31. The van der Waals surface area contributed by atoms with E-state index >= 15 is 0 Å². The summed E-state index contributed by atoms with van der Waals surface area (Å²) in [6.45, 7) is 1.93. The van der Waals surface area contributed by atoms with Gasteiger partial charge in [-0.25, -0.2) is 4.39 Å². The zero-order valence-corrected chi connectivity index (χ0v) is 12.2. The molecule has 100 valence electrons. The van der Waals surface area contributed by atoms with Gasteiger partial charge in [-0.15, -0.1) is 0 Å². The lowest BCUT2D eigenvalue weighted by Crippen LogP contribution is -2.19. The van der Waals surface area contributed by atoms with Gasteiger partial charge in [-0.3, -0.25) is 0 Å². The molecule has 0 fully saturated rings. The smallest absolute Gasteiger partial charge is 0.129 e. The maximum absolute atomic E-state index is 14.0. The van der Waals surface area contributed by atoms with E-state index in [9.17, 15) is 4.39 Å². The molecule has 0 spiro atoms. The van der Waals surface area contributed by atoms with Gasteiger partial charge in [0.25, 0.3) is 0 Å². The summed E-state index contributed by atoms with van der Waals surface area (Å²) < 4.78 is 14.0. The van der Waals surface area contributed by atoms with E-state index in [4.69, 9.17) is 23.2 Å². The zero-order chi connectivity index (χ0) is 14.0. The van der Waals surface area contributed by atoms with E-state index in [-0.39, 0.29) is 11.9 Å². The molecule has 1 nitrogen and oxygen atoms in total. The van der Waals surface area contributed by atoms with Gasteiger partial charge in [0, 0.05) is 15.6 Å². The molecule has 0 aliphatic heterocycles. The zero-order valence-electron chi connectivity index (χ0n) is 10.7. The van der Waals surface area contributed by atoms with E-state index in [1.807, 2.05) is 25.1 Å². The number of nitrogens with one attached hydrogen (secondary N) is 1. The third kappa shape index (κ3) is 3.08. The molecule has 2 aromatic rings. The summed E-state index contributed by atoms with van der Waals surface area (Å²) in [6.07, 6.45) is 0. The van der Waals surface area contributed by atoms with Gasteiger partial charge in [0.1, 0.15) is 5.82 Å². The number of rotatable bonds is 3. The molecule has 0 saturated carbocycles. The Morgan fingerprint density at radius 1 is 1.11 bits per heavy atom. The molecule has 4 heteroatoms. The van der Waals surface area contributed by atoms with E-state index in [0.717, 1.165) is 11.1 Å². The third-order valence-electron chi connectivity index (χ3n) is 3.09. The number of halogens is 3. The fourth-order valence-electron chi connectivity index (χ4n) is 2.03. The SMILES string of the molecule is CNC(c1ccc(C)c(Cl)c1)c1ccc(Cl)cc1F.